The molecule has 1 aliphatic heterocycles. The second-order valence-electron chi connectivity index (χ2n) is 3.99. The summed E-state index contributed by atoms with van der Waals surface area (Å²) >= 11 is 0. The summed E-state index contributed by atoms with van der Waals surface area (Å²) in [5.41, 5.74) is 4.64. The summed E-state index contributed by atoms with van der Waals surface area (Å²) in [7, 11) is 0. The average molecular weight is 222 g/mol. The van der Waals surface area contributed by atoms with E-state index in [-0.39, 0.29) is 0 Å². The Balaban J connectivity index is 2.01. The first kappa shape index (κ1) is 11.5. The molecule has 1 aromatic rings. The van der Waals surface area contributed by atoms with Crippen LogP contribution in [0.5, 0.6) is 0 Å². The third-order valence-electron chi connectivity index (χ3n) is 2.89. The van der Waals surface area contributed by atoms with Gasteiger partial charge in [0.05, 0.1) is 13.2 Å². The molecule has 2 N–H and O–H groups in total. The number of hydrogen-bond donors (Lipinski definition) is 2. The van der Waals surface area contributed by atoms with Gasteiger partial charge in [-0.2, -0.15) is 0 Å². The van der Waals surface area contributed by atoms with Crippen LogP contribution < -0.4 is 5.48 Å². The van der Waals surface area contributed by atoms with Crippen molar-refractivity contribution in [3.05, 3.63) is 35.4 Å². The lowest BCUT2D eigenvalue weighted by atomic mass is 10.1. The predicted octanol–water partition coefficient (Wildman–Crippen LogP) is 0.998. The molecule has 1 fully saturated rings. The summed E-state index contributed by atoms with van der Waals surface area (Å²) in [5, 5.41) is 8.77. The van der Waals surface area contributed by atoms with Gasteiger partial charge in [-0.25, -0.2) is 5.48 Å². The number of hydrogen-bond acceptors (Lipinski definition) is 4. The molecule has 0 bridgehead atoms. The average Bonchev–Trinajstić information content (AvgIpc) is 2.33. The second-order valence-corrected chi connectivity index (χ2v) is 3.99. The van der Waals surface area contributed by atoms with E-state index in [0.717, 1.165) is 38.4 Å². The van der Waals surface area contributed by atoms with Crippen molar-refractivity contribution in [2.45, 2.75) is 13.1 Å². The van der Waals surface area contributed by atoms with Crippen LogP contribution in [-0.4, -0.2) is 36.4 Å². The molecule has 2 rings (SSSR count). The Bertz CT molecular complexity index is 325. The van der Waals surface area contributed by atoms with E-state index in [0.29, 0.717) is 6.54 Å². The standard InChI is InChI=1S/C12H18N2O2/c15-13-9-11-3-1-2-4-12(11)10-14-5-7-16-8-6-14/h1-4,13,15H,5-10H2. The molecule has 0 radical (unpaired) electrons. The van der Waals surface area contributed by atoms with Crippen LogP contribution in [0.2, 0.25) is 0 Å². The molecule has 1 aliphatic rings. The molecule has 1 aromatic carbocycles. The number of nitrogens with zero attached hydrogens (tertiary/aromatic N) is 1. The van der Waals surface area contributed by atoms with Gasteiger partial charge in [-0.05, 0) is 11.1 Å². The molecule has 0 spiro atoms. The molecule has 88 valence electrons. The van der Waals surface area contributed by atoms with Crippen LogP contribution in [0.1, 0.15) is 11.1 Å². The van der Waals surface area contributed by atoms with Crippen molar-refractivity contribution in [3.8, 4) is 0 Å². The molecule has 0 saturated carbocycles. The van der Waals surface area contributed by atoms with E-state index in [1.165, 1.54) is 5.56 Å². The maximum atomic E-state index is 8.77. The Morgan fingerprint density at radius 2 is 1.88 bits per heavy atom. The van der Waals surface area contributed by atoms with Crippen molar-refractivity contribution in [2.24, 2.45) is 0 Å². The van der Waals surface area contributed by atoms with Crippen LogP contribution in [0.25, 0.3) is 0 Å². The van der Waals surface area contributed by atoms with E-state index in [2.05, 4.69) is 16.4 Å². The Morgan fingerprint density at radius 3 is 2.56 bits per heavy atom. The quantitative estimate of drug-likeness (QED) is 0.746. The zero-order valence-electron chi connectivity index (χ0n) is 9.35. The minimum atomic E-state index is 0.501. The van der Waals surface area contributed by atoms with Crippen molar-refractivity contribution in [3.63, 3.8) is 0 Å². The lowest BCUT2D eigenvalue weighted by molar-refractivity contribution is 0.0339. The number of rotatable bonds is 4. The van der Waals surface area contributed by atoms with Gasteiger partial charge in [0.1, 0.15) is 0 Å². The Labute approximate surface area is 95.8 Å². The number of hydroxylamine groups is 1. The van der Waals surface area contributed by atoms with Gasteiger partial charge in [0.25, 0.3) is 0 Å². The van der Waals surface area contributed by atoms with E-state index in [1.807, 2.05) is 18.2 Å². The highest BCUT2D eigenvalue weighted by Crippen LogP contribution is 2.12. The van der Waals surface area contributed by atoms with Gasteiger partial charge < -0.3 is 9.94 Å². The van der Waals surface area contributed by atoms with Gasteiger partial charge in [0.2, 0.25) is 0 Å². The summed E-state index contributed by atoms with van der Waals surface area (Å²) in [5.74, 6) is 0. The van der Waals surface area contributed by atoms with Crippen molar-refractivity contribution >= 4 is 0 Å². The first-order valence-corrected chi connectivity index (χ1v) is 5.64. The molecule has 16 heavy (non-hydrogen) atoms. The van der Waals surface area contributed by atoms with Gasteiger partial charge in [-0.3, -0.25) is 4.90 Å². The molecular weight excluding hydrogens is 204 g/mol. The maximum Gasteiger partial charge on any atom is 0.0594 e. The molecule has 0 aromatic heterocycles. The lowest BCUT2D eigenvalue weighted by Gasteiger charge is -2.27. The zero-order chi connectivity index (χ0) is 11.2. The van der Waals surface area contributed by atoms with Crippen LogP contribution in [0.3, 0.4) is 0 Å². The van der Waals surface area contributed by atoms with E-state index in [9.17, 15) is 0 Å². The molecule has 0 unspecified atom stereocenters. The van der Waals surface area contributed by atoms with Gasteiger partial charge in [0, 0.05) is 26.2 Å². The molecule has 0 atom stereocenters. The van der Waals surface area contributed by atoms with Crippen molar-refractivity contribution in [1.29, 1.82) is 0 Å². The highest BCUT2D eigenvalue weighted by molar-refractivity contribution is 5.26. The van der Waals surface area contributed by atoms with Crippen LogP contribution in [0, 0.1) is 0 Å². The van der Waals surface area contributed by atoms with Crippen molar-refractivity contribution in [2.75, 3.05) is 26.3 Å². The topological polar surface area (TPSA) is 44.7 Å². The Hall–Kier alpha value is -0.940. The summed E-state index contributed by atoms with van der Waals surface area (Å²) in [4.78, 5) is 2.37. The SMILES string of the molecule is ONCc1ccccc1CN1CCOCC1. The normalized spacial score (nSPS) is 17.6. The van der Waals surface area contributed by atoms with E-state index < -0.39 is 0 Å². The summed E-state index contributed by atoms with van der Waals surface area (Å²) in [6.45, 7) is 5.05. The molecule has 4 heteroatoms. The summed E-state index contributed by atoms with van der Waals surface area (Å²) in [6.07, 6.45) is 0. The van der Waals surface area contributed by atoms with Gasteiger partial charge >= 0.3 is 0 Å². The third kappa shape index (κ3) is 3.02. The van der Waals surface area contributed by atoms with Gasteiger partial charge in [-0.1, -0.05) is 24.3 Å². The highest BCUT2D eigenvalue weighted by atomic mass is 16.5. The fourth-order valence-corrected chi connectivity index (χ4v) is 1.97. The lowest BCUT2D eigenvalue weighted by Crippen LogP contribution is -2.36. The Morgan fingerprint density at radius 1 is 1.19 bits per heavy atom. The van der Waals surface area contributed by atoms with Crippen LogP contribution in [0.4, 0.5) is 0 Å². The molecule has 1 heterocycles. The fourth-order valence-electron chi connectivity index (χ4n) is 1.97. The monoisotopic (exact) mass is 222 g/mol. The number of benzene rings is 1. The molecule has 4 nitrogen and oxygen atoms in total. The maximum absolute atomic E-state index is 8.77. The van der Waals surface area contributed by atoms with Crippen LogP contribution in [0.15, 0.2) is 24.3 Å². The fraction of sp³-hybridized carbons (Fsp3) is 0.500. The number of nitrogens with one attached hydrogen (secondary N) is 1. The first-order valence-electron chi connectivity index (χ1n) is 5.64. The summed E-state index contributed by atoms with van der Waals surface area (Å²) < 4.78 is 5.32. The third-order valence-corrected chi connectivity index (χ3v) is 2.89. The Kier molecular flexibility index (Phi) is 4.30. The smallest absolute Gasteiger partial charge is 0.0594 e. The predicted molar refractivity (Wildman–Crippen MR) is 61.2 cm³/mol. The molecule has 1 saturated heterocycles. The highest BCUT2D eigenvalue weighted by Gasteiger charge is 2.12. The number of morpholine rings is 1. The van der Waals surface area contributed by atoms with E-state index in [4.69, 9.17) is 9.94 Å². The largest absolute Gasteiger partial charge is 0.379 e. The second kappa shape index (κ2) is 5.96. The zero-order valence-corrected chi connectivity index (χ0v) is 9.35. The minimum absolute atomic E-state index is 0.501. The van der Waals surface area contributed by atoms with Crippen LogP contribution in [-0.2, 0) is 17.8 Å². The molecule has 0 aliphatic carbocycles. The first-order chi connectivity index (χ1) is 7.90. The minimum Gasteiger partial charge on any atom is -0.379 e. The van der Waals surface area contributed by atoms with Gasteiger partial charge in [-0.15, -0.1) is 0 Å². The van der Waals surface area contributed by atoms with E-state index in [1.54, 1.807) is 0 Å². The molecular formula is C12H18N2O2. The van der Waals surface area contributed by atoms with Gasteiger partial charge in [0.15, 0.2) is 0 Å². The number of ether oxygens (including phenoxy) is 1. The molecule has 0 amide bonds. The summed E-state index contributed by atoms with van der Waals surface area (Å²) in [6, 6.07) is 8.19. The van der Waals surface area contributed by atoms with Crippen molar-refractivity contribution in [1.82, 2.24) is 10.4 Å². The van der Waals surface area contributed by atoms with Crippen molar-refractivity contribution < 1.29 is 9.94 Å². The van der Waals surface area contributed by atoms with Crippen LogP contribution >= 0.6 is 0 Å². The van der Waals surface area contributed by atoms with E-state index >= 15 is 0 Å².